The highest BCUT2D eigenvalue weighted by Crippen LogP contribution is 2.36. The molecule has 3 fully saturated rings. The van der Waals surface area contributed by atoms with Gasteiger partial charge in [0.05, 0.1) is 26.4 Å². The molecule has 0 saturated carbocycles. The van der Waals surface area contributed by atoms with Crippen LogP contribution in [0.25, 0.3) is 0 Å². The summed E-state index contributed by atoms with van der Waals surface area (Å²) in [5.41, 5.74) is 0. The highest BCUT2D eigenvalue weighted by Gasteiger charge is 2.59. The molecule has 1 amide bonds. The first-order chi connectivity index (χ1) is 18.8. The van der Waals surface area contributed by atoms with E-state index in [2.05, 4.69) is 11.9 Å². The zero-order valence-electron chi connectivity index (χ0n) is 21.1. The van der Waals surface area contributed by atoms with Crippen LogP contribution in [0, 0.1) is 0 Å². The van der Waals surface area contributed by atoms with Crippen molar-refractivity contribution in [2.24, 2.45) is 0 Å². The normalized spacial score (nSPS) is 48.0. The minimum absolute atomic E-state index is 0.749. The van der Waals surface area contributed by atoms with E-state index in [4.69, 9.17) is 23.7 Å². The number of amides is 1. The molecule has 18 heteroatoms. The lowest BCUT2D eigenvalue weighted by Gasteiger charge is -2.52. The largest absolute Gasteiger partial charge is 0.394 e. The molecule has 3 aliphatic heterocycles. The maximum atomic E-state index is 11.8. The van der Waals surface area contributed by atoms with E-state index in [1.165, 1.54) is 0 Å². The number of carbonyl (C=O) groups is 1. The van der Waals surface area contributed by atoms with Crippen LogP contribution in [-0.2, 0) is 28.5 Å². The Hall–Kier alpha value is -1.43. The third-order valence-corrected chi connectivity index (χ3v) is 7.02. The van der Waals surface area contributed by atoms with Crippen LogP contribution in [0.5, 0.6) is 0 Å². The van der Waals surface area contributed by atoms with Gasteiger partial charge < -0.3 is 85.2 Å². The molecule has 0 aliphatic carbocycles. The Morgan fingerprint density at radius 3 is 1.93 bits per heavy atom. The zero-order chi connectivity index (χ0) is 29.9. The number of aliphatic hydroxyl groups excluding tert-OH is 11. The number of nitrogens with one attached hydrogen (secondary N) is 1. The number of aliphatic hydroxyl groups is 11. The van der Waals surface area contributed by atoms with Gasteiger partial charge in [0.1, 0.15) is 73.2 Å². The minimum atomic E-state index is -2.49. The van der Waals surface area contributed by atoms with Crippen molar-refractivity contribution >= 4 is 5.91 Å². The number of hydrogen-bond donors (Lipinski definition) is 12. The molecule has 232 valence electrons. The molecule has 15 atom stereocenters. The first kappa shape index (κ1) is 33.1. The van der Waals surface area contributed by atoms with Crippen LogP contribution in [-0.4, -0.2) is 180 Å². The third kappa shape index (κ3) is 6.47. The van der Waals surface area contributed by atoms with Gasteiger partial charge in [0, 0.05) is 0 Å². The maximum Gasteiger partial charge on any atom is 0.243 e. The summed E-state index contributed by atoms with van der Waals surface area (Å²) in [5, 5.41) is 114. The second kappa shape index (κ2) is 13.7. The van der Waals surface area contributed by atoms with Crippen molar-refractivity contribution in [1.29, 1.82) is 0 Å². The van der Waals surface area contributed by atoms with Gasteiger partial charge in [-0.25, -0.2) is 0 Å². The predicted molar refractivity (Wildman–Crippen MR) is 123 cm³/mol. The topological polar surface area (TPSA) is 298 Å². The Bertz CT molecular complexity index is 846. The molecule has 0 aromatic heterocycles. The fraction of sp³-hybridized carbons (Fsp3) is 0.864. The Kier molecular flexibility index (Phi) is 11.3. The van der Waals surface area contributed by atoms with Crippen LogP contribution in [0.4, 0.5) is 0 Å². The van der Waals surface area contributed by atoms with E-state index in [-0.39, 0.29) is 0 Å². The fourth-order valence-corrected chi connectivity index (χ4v) is 4.71. The minimum Gasteiger partial charge on any atom is -0.394 e. The van der Waals surface area contributed by atoms with Gasteiger partial charge in [0.2, 0.25) is 11.7 Å². The summed E-state index contributed by atoms with van der Waals surface area (Å²) in [6, 6.07) is 0. The van der Waals surface area contributed by atoms with Gasteiger partial charge in [-0.1, -0.05) is 6.58 Å². The van der Waals surface area contributed by atoms with Gasteiger partial charge in [-0.15, -0.1) is 0 Å². The molecule has 12 N–H and O–H groups in total. The lowest BCUT2D eigenvalue weighted by Crippen LogP contribution is -2.72. The molecule has 0 bridgehead atoms. The quantitative estimate of drug-likeness (QED) is 0.106. The summed E-state index contributed by atoms with van der Waals surface area (Å²) >= 11 is 0. The fourth-order valence-electron chi connectivity index (χ4n) is 4.71. The molecule has 3 heterocycles. The molecule has 3 rings (SSSR count). The van der Waals surface area contributed by atoms with Crippen LogP contribution in [0.3, 0.4) is 0 Å². The van der Waals surface area contributed by atoms with Crippen LogP contribution < -0.4 is 5.32 Å². The van der Waals surface area contributed by atoms with Crippen molar-refractivity contribution in [3.63, 3.8) is 0 Å². The predicted octanol–water partition coefficient (Wildman–Crippen LogP) is -7.90. The lowest BCUT2D eigenvalue weighted by molar-refractivity contribution is -0.407. The molecule has 3 aliphatic rings. The zero-order valence-corrected chi connectivity index (χ0v) is 21.1. The van der Waals surface area contributed by atoms with E-state index in [0.29, 0.717) is 0 Å². The van der Waals surface area contributed by atoms with Crippen molar-refractivity contribution < 1.29 is 84.7 Å². The van der Waals surface area contributed by atoms with E-state index < -0.39 is 124 Å². The lowest BCUT2D eigenvalue weighted by atomic mass is 9.91. The molecule has 0 aromatic rings. The number of hydrogen-bond acceptors (Lipinski definition) is 17. The Morgan fingerprint density at radius 1 is 0.775 bits per heavy atom. The number of carbonyl (C=O) groups excluding carboxylic acids is 1. The molecule has 40 heavy (non-hydrogen) atoms. The molecule has 0 radical (unpaired) electrons. The summed E-state index contributed by atoms with van der Waals surface area (Å²) in [6.07, 6.45) is -24.5. The van der Waals surface area contributed by atoms with E-state index in [1.807, 2.05) is 0 Å². The molecule has 18 nitrogen and oxygen atoms in total. The monoisotopic (exact) mass is 587 g/mol. The van der Waals surface area contributed by atoms with E-state index >= 15 is 0 Å². The van der Waals surface area contributed by atoms with Crippen LogP contribution in [0.2, 0.25) is 0 Å². The Morgan fingerprint density at radius 2 is 1.35 bits per heavy atom. The summed E-state index contributed by atoms with van der Waals surface area (Å²) in [4.78, 5) is 11.8. The van der Waals surface area contributed by atoms with Gasteiger partial charge in [0.25, 0.3) is 0 Å². The first-order valence-corrected chi connectivity index (χ1v) is 12.3. The third-order valence-electron chi connectivity index (χ3n) is 7.02. The van der Waals surface area contributed by atoms with Gasteiger partial charge in [-0.3, -0.25) is 4.79 Å². The molecule has 3 saturated heterocycles. The highest BCUT2D eigenvalue weighted by atomic mass is 16.8. The molecule has 0 aromatic carbocycles. The molecular weight excluding hydrogens is 550 g/mol. The summed E-state index contributed by atoms with van der Waals surface area (Å²) in [5.74, 6) is -3.28. The van der Waals surface area contributed by atoms with Crippen molar-refractivity contribution in [1.82, 2.24) is 5.32 Å². The molecule has 2 unspecified atom stereocenters. The molecular formula is C22H37NO17. The summed E-state index contributed by atoms with van der Waals surface area (Å²) in [7, 11) is 0. The summed E-state index contributed by atoms with van der Waals surface area (Å²) in [6.45, 7) is -0.0904. The van der Waals surface area contributed by atoms with Crippen molar-refractivity contribution in [3.8, 4) is 0 Å². The average Bonchev–Trinajstić information content (AvgIpc) is 2.95. The number of rotatable bonds is 10. The summed E-state index contributed by atoms with van der Waals surface area (Å²) < 4.78 is 27.2. The number of ether oxygens (including phenoxy) is 5. The molecule has 0 spiro atoms. The van der Waals surface area contributed by atoms with Crippen molar-refractivity contribution in [3.05, 3.63) is 12.7 Å². The van der Waals surface area contributed by atoms with Gasteiger partial charge in [-0.05, 0) is 6.08 Å². The standard InChI is InChI=1S/C22H37NO17/c1-2-10(27)23-6-22(19(34)14(31)11(28)7(3-24)39-22)40-18-9(5-26)37-21(16(33)13(18)30)38-17-8(4-25)36-20(35)15(32)12(17)29/h2,7-9,11-21,24-26,28-35H,1,3-6H2,(H,23,27)/t7-,8-,9-,11-,12-,13-,14+,15-,16-,17-,18-,19-,20+,21?,22?/m1/s1. The second-order valence-electron chi connectivity index (χ2n) is 9.62. The van der Waals surface area contributed by atoms with Crippen molar-refractivity contribution in [2.45, 2.75) is 91.6 Å². The van der Waals surface area contributed by atoms with Crippen LogP contribution in [0.15, 0.2) is 12.7 Å². The van der Waals surface area contributed by atoms with Gasteiger partial charge >= 0.3 is 0 Å². The van der Waals surface area contributed by atoms with Gasteiger partial charge in [-0.2, -0.15) is 0 Å². The maximum absolute atomic E-state index is 11.8. The van der Waals surface area contributed by atoms with E-state index in [1.54, 1.807) is 0 Å². The van der Waals surface area contributed by atoms with E-state index in [9.17, 15) is 61.0 Å². The van der Waals surface area contributed by atoms with Gasteiger partial charge in [0.15, 0.2) is 12.6 Å². The van der Waals surface area contributed by atoms with E-state index in [0.717, 1.165) is 6.08 Å². The van der Waals surface area contributed by atoms with Crippen LogP contribution >= 0.6 is 0 Å². The average molecular weight is 588 g/mol. The smallest absolute Gasteiger partial charge is 0.243 e. The first-order valence-electron chi connectivity index (χ1n) is 12.3. The van der Waals surface area contributed by atoms with Crippen LogP contribution in [0.1, 0.15) is 0 Å². The SMILES string of the molecule is C=CC(=O)NCC1(O[C@H]2[C@H](O)[C@@H](O)C(O[C@H]3[C@H](O)[C@@H](O)[C@@H](O)O[C@@H]3CO)O[C@@H]2CO)O[C@H](CO)[C@@H](O)[C@H](O)[C@H]1O. The second-order valence-corrected chi connectivity index (χ2v) is 9.62. The Balaban J connectivity index is 1.86. The highest BCUT2D eigenvalue weighted by molar-refractivity contribution is 5.86. The van der Waals surface area contributed by atoms with Crippen molar-refractivity contribution in [2.75, 3.05) is 26.4 Å². The Labute approximate surface area is 227 Å².